The number of nitrogens with zero attached hydrogens (tertiary/aromatic N) is 4. The van der Waals surface area contributed by atoms with Crippen LogP contribution < -0.4 is 5.32 Å². The molecular formula is C46H29N5O. The molecular weight excluding hydrogens is 639 g/mol. The van der Waals surface area contributed by atoms with Crippen LogP contribution in [0.3, 0.4) is 0 Å². The predicted octanol–water partition coefficient (Wildman–Crippen LogP) is 10.7. The minimum atomic E-state index is -0.269. The van der Waals surface area contributed by atoms with Gasteiger partial charge in [-0.3, -0.25) is 0 Å². The van der Waals surface area contributed by atoms with Gasteiger partial charge in [0.05, 0.1) is 22.7 Å². The summed E-state index contributed by atoms with van der Waals surface area (Å²) in [6.07, 6.45) is -0.269. The topological polar surface area (TPSA) is 78.6 Å². The lowest BCUT2D eigenvalue weighted by Gasteiger charge is -2.23. The number of benzene rings is 7. The molecule has 6 heteroatoms. The Morgan fingerprint density at radius 3 is 2.10 bits per heavy atom. The van der Waals surface area contributed by atoms with Crippen LogP contribution in [0.2, 0.25) is 0 Å². The molecule has 0 amide bonds. The maximum Gasteiger partial charge on any atom is 0.159 e. The molecule has 10 rings (SSSR count). The third-order valence-corrected chi connectivity index (χ3v) is 9.90. The Kier molecular flexibility index (Phi) is 6.83. The van der Waals surface area contributed by atoms with Crippen LogP contribution in [0.1, 0.15) is 28.4 Å². The molecule has 7 aromatic carbocycles. The summed E-state index contributed by atoms with van der Waals surface area (Å²) in [5.74, 6) is 1.46. The summed E-state index contributed by atoms with van der Waals surface area (Å²) >= 11 is 0. The monoisotopic (exact) mass is 667 g/mol. The quantitative estimate of drug-likeness (QED) is 0.198. The molecule has 52 heavy (non-hydrogen) atoms. The van der Waals surface area contributed by atoms with Crippen molar-refractivity contribution < 1.29 is 4.42 Å². The van der Waals surface area contributed by atoms with E-state index in [0.29, 0.717) is 11.4 Å². The van der Waals surface area contributed by atoms with Crippen LogP contribution in [0.25, 0.3) is 60.6 Å². The first-order chi connectivity index (χ1) is 25.7. The zero-order valence-electron chi connectivity index (χ0n) is 27.9. The van der Waals surface area contributed by atoms with E-state index in [1.54, 1.807) is 0 Å². The van der Waals surface area contributed by atoms with Gasteiger partial charge in [-0.25, -0.2) is 9.98 Å². The number of hydrogen-bond acceptors (Lipinski definition) is 5. The second-order valence-electron chi connectivity index (χ2n) is 13.0. The zero-order valence-corrected chi connectivity index (χ0v) is 27.9. The van der Waals surface area contributed by atoms with E-state index in [-0.39, 0.29) is 6.17 Å². The van der Waals surface area contributed by atoms with Crippen LogP contribution in [0.4, 0.5) is 0 Å². The summed E-state index contributed by atoms with van der Waals surface area (Å²) in [5.41, 5.74) is 10.5. The molecule has 0 bridgehead atoms. The number of rotatable bonds is 5. The normalized spacial score (nSPS) is 14.3. The maximum absolute atomic E-state index is 9.85. The summed E-state index contributed by atoms with van der Waals surface area (Å²) in [5, 5.41) is 17.7. The minimum Gasteiger partial charge on any atom is -0.455 e. The summed E-state index contributed by atoms with van der Waals surface area (Å²) < 4.78 is 8.66. The first-order valence-electron chi connectivity index (χ1n) is 17.2. The van der Waals surface area contributed by atoms with E-state index in [9.17, 15) is 5.26 Å². The van der Waals surface area contributed by atoms with Crippen molar-refractivity contribution >= 4 is 55.4 Å². The lowest BCUT2D eigenvalue weighted by atomic mass is 10.00. The zero-order chi connectivity index (χ0) is 34.6. The van der Waals surface area contributed by atoms with Gasteiger partial charge >= 0.3 is 0 Å². The Balaban J connectivity index is 1.09. The Hall–Kier alpha value is -7.23. The van der Waals surface area contributed by atoms with Gasteiger partial charge in [0.2, 0.25) is 0 Å². The first-order valence-corrected chi connectivity index (χ1v) is 17.2. The van der Waals surface area contributed by atoms with E-state index < -0.39 is 0 Å². The van der Waals surface area contributed by atoms with Gasteiger partial charge in [-0.05, 0) is 71.8 Å². The second kappa shape index (κ2) is 12.0. The Bertz CT molecular complexity index is 2930. The molecule has 1 aliphatic heterocycles. The molecule has 9 aromatic rings. The largest absolute Gasteiger partial charge is 0.455 e. The summed E-state index contributed by atoms with van der Waals surface area (Å²) in [4.78, 5) is 10.0. The van der Waals surface area contributed by atoms with Gasteiger partial charge in [0.1, 0.15) is 23.2 Å². The van der Waals surface area contributed by atoms with Crippen molar-refractivity contribution in [3.05, 3.63) is 186 Å². The molecule has 0 fully saturated rings. The highest BCUT2D eigenvalue weighted by atomic mass is 16.3. The third kappa shape index (κ3) is 4.87. The van der Waals surface area contributed by atoms with Gasteiger partial charge in [0.15, 0.2) is 5.84 Å². The first kappa shape index (κ1) is 29.7. The number of para-hydroxylation sites is 2. The minimum absolute atomic E-state index is 0.269. The van der Waals surface area contributed by atoms with Gasteiger partial charge in [0.25, 0.3) is 0 Å². The summed E-state index contributed by atoms with van der Waals surface area (Å²) in [6, 6.07) is 58.1. The SMILES string of the molecule is N#Cc1ccc2c(c1)c1cc(-c3cccc4c3oc3ccccc34)ccc1n2-c1ccc(C2=NC(c3ccccc3)NC(c3ccccc3)=N2)cc1. The lowest BCUT2D eigenvalue weighted by molar-refractivity contribution is 0.670. The fourth-order valence-electron chi connectivity index (χ4n) is 7.40. The summed E-state index contributed by atoms with van der Waals surface area (Å²) in [7, 11) is 0. The van der Waals surface area contributed by atoms with Crippen molar-refractivity contribution in [2.24, 2.45) is 9.98 Å². The van der Waals surface area contributed by atoms with Gasteiger partial charge in [0, 0.05) is 43.9 Å². The number of nitriles is 1. The Morgan fingerprint density at radius 2 is 1.29 bits per heavy atom. The number of aliphatic imine (C=N–C) groups is 2. The number of furan rings is 1. The number of hydrogen-bond donors (Lipinski definition) is 1. The standard InChI is InChI=1S/C46H29N5O/c47-28-29-18-24-40-38(26-29)39-27-33(35-15-9-16-37-36-14-7-8-17-42(36)52-43(35)37)21-25-41(39)51(40)34-22-19-32(20-23-34)46-49-44(30-10-3-1-4-11-30)48-45(50-46)31-12-5-2-6-13-31/h1-27,44H,(H,48,49,50). The van der Waals surface area contributed by atoms with E-state index in [1.807, 2.05) is 72.8 Å². The predicted molar refractivity (Wildman–Crippen MR) is 210 cm³/mol. The Morgan fingerprint density at radius 1 is 0.596 bits per heavy atom. The molecule has 3 heterocycles. The molecule has 0 saturated heterocycles. The van der Waals surface area contributed by atoms with Crippen LogP contribution in [-0.2, 0) is 0 Å². The highest BCUT2D eigenvalue weighted by Gasteiger charge is 2.22. The van der Waals surface area contributed by atoms with E-state index >= 15 is 0 Å². The molecule has 2 aromatic heterocycles. The van der Waals surface area contributed by atoms with E-state index in [2.05, 4.69) is 107 Å². The molecule has 1 unspecified atom stereocenters. The highest BCUT2D eigenvalue weighted by Crippen LogP contribution is 2.39. The maximum atomic E-state index is 9.85. The molecule has 1 aliphatic rings. The van der Waals surface area contributed by atoms with Gasteiger partial charge in [-0.1, -0.05) is 103 Å². The molecule has 0 radical (unpaired) electrons. The molecule has 0 saturated carbocycles. The van der Waals surface area contributed by atoms with Gasteiger partial charge < -0.3 is 14.3 Å². The molecule has 6 nitrogen and oxygen atoms in total. The van der Waals surface area contributed by atoms with Crippen LogP contribution >= 0.6 is 0 Å². The number of aromatic nitrogens is 1. The van der Waals surface area contributed by atoms with E-state index in [4.69, 9.17) is 14.4 Å². The van der Waals surface area contributed by atoms with Crippen LogP contribution in [0, 0.1) is 11.3 Å². The van der Waals surface area contributed by atoms with Crippen molar-refractivity contribution in [1.29, 1.82) is 5.26 Å². The van der Waals surface area contributed by atoms with Crippen molar-refractivity contribution in [2.45, 2.75) is 6.17 Å². The van der Waals surface area contributed by atoms with Crippen molar-refractivity contribution in [2.75, 3.05) is 0 Å². The van der Waals surface area contributed by atoms with Crippen molar-refractivity contribution in [3.8, 4) is 22.9 Å². The smallest absolute Gasteiger partial charge is 0.159 e. The second-order valence-corrected chi connectivity index (χ2v) is 13.0. The Labute approximate surface area is 299 Å². The van der Waals surface area contributed by atoms with Crippen molar-refractivity contribution in [1.82, 2.24) is 9.88 Å². The van der Waals surface area contributed by atoms with Crippen LogP contribution in [0.15, 0.2) is 178 Å². The molecule has 244 valence electrons. The fraction of sp³-hybridized carbons (Fsp3) is 0.0217. The lowest BCUT2D eigenvalue weighted by Crippen LogP contribution is -2.33. The van der Waals surface area contributed by atoms with E-state index in [1.165, 1.54) is 0 Å². The van der Waals surface area contributed by atoms with Crippen molar-refractivity contribution in [3.63, 3.8) is 0 Å². The molecule has 0 aliphatic carbocycles. The molecule has 1 atom stereocenters. The number of amidine groups is 2. The van der Waals surface area contributed by atoms with Gasteiger partial charge in [-0.2, -0.15) is 5.26 Å². The number of nitrogens with one attached hydrogen (secondary N) is 1. The molecule has 1 N–H and O–H groups in total. The third-order valence-electron chi connectivity index (χ3n) is 9.90. The highest BCUT2D eigenvalue weighted by molar-refractivity contribution is 6.15. The average Bonchev–Trinajstić information content (AvgIpc) is 3.76. The van der Waals surface area contributed by atoms with E-state index in [0.717, 1.165) is 83.1 Å². The molecule has 0 spiro atoms. The summed E-state index contributed by atoms with van der Waals surface area (Å²) in [6.45, 7) is 0. The average molecular weight is 668 g/mol. The number of fused-ring (bicyclic) bond motifs is 6. The fourth-order valence-corrected chi connectivity index (χ4v) is 7.40. The van der Waals surface area contributed by atoms with Crippen LogP contribution in [-0.4, -0.2) is 16.2 Å². The van der Waals surface area contributed by atoms with Gasteiger partial charge in [-0.15, -0.1) is 0 Å². The van der Waals surface area contributed by atoms with Crippen LogP contribution in [0.5, 0.6) is 0 Å².